The predicted molar refractivity (Wildman–Crippen MR) is 285 cm³/mol. The molecule has 78 heavy (non-hydrogen) atoms. The van der Waals surface area contributed by atoms with E-state index < -0.39 is 41.3 Å². The largest absolute Gasteiger partial charge is 0.382 e. The first-order valence-electron chi connectivity index (χ1n) is 26.6. The molecule has 1 atom stereocenters. The van der Waals surface area contributed by atoms with Crippen LogP contribution in [-0.4, -0.2) is 173 Å². The van der Waals surface area contributed by atoms with Crippen LogP contribution in [0.5, 0.6) is 0 Å². The zero-order valence-electron chi connectivity index (χ0n) is 43.4. The third-order valence-corrected chi connectivity index (χ3v) is 14.0. The van der Waals surface area contributed by atoms with Crippen LogP contribution in [0.2, 0.25) is 0 Å². The Bertz CT molecular complexity index is 2940. The highest BCUT2D eigenvalue weighted by molar-refractivity contribution is 6.25. The van der Waals surface area contributed by atoms with Crippen LogP contribution in [0.15, 0.2) is 72.8 Å². The molecule has 9 rings (SSSR count). The van der Waals surface area contributed by atoms with Crippen LogP contribution in [0.3, 0.4) is 0 Å². The van der Waals surface area contributed by atoms with Crippen LogP contribution in [0.1, 0.15) is 80.7 Å². The second-order valence-electron chi connectivity index (χ2n) is 19.6. The molecule has 22 heteroatoms. The van der Waals surface area contributed by atoms with Crippen LogP contribution in [-0.2, 0) is 44.5 Å². The zero-order chi connectivity index (χ0) is 54.4. The second kappa shape index (κ2) is 26.9. The van der Waals surface area contributed by atoms with Gasteiger partial charge in [-0.15, -0.1) is 0 Å². The lowest BCUT2D eigenvalue weighted by Crippen LogP contribution is -2.54. The number of carbonyl (C=O) groups excluding carboxylic acids is 6. The SMILES string of the molecule is O=C(CCCOCCOCCOCCOCCNc1cccc2c1C(=O)N(C1CCC(=O)NC1=O)C2=O)CN1CCN(c2ccc(C(=O)Nc3n[nH]c4ccc(Cc5cc(F)cc(F)c5)cc34)c(NC3CCOCC3)c2)CC1. The number of carbonyl (C=O) groups is 6. The van der Waals surface area contributed by atoms with Gasteiger partial charge in [-0.3, -0.25) is 49.0 Å². The van der Waals surface area contributed by atoms with E-state index in [9.17, 15) is 37.5 Å². The fourth-order valence-electron chi connectivity index (χ4n) is 10.0. The van der Waals surface area contributed by atoms with E-state index in [1.54, 1.807) is 18.2 Å². The first-order chi connectivity index (χ1) is 38.0. The summed E-state index contributed by atoms with van der Waals surface area (Å²) in [5.41, 5.74) is 4.99. The maximum atomic E-state index is 14.0. The molecule has 1 unspecified atom stereocenters. The molecule has 1 aromatic heterocycles. The van der Waals surface area contributed by atoms with E-state index in [4.69, 9.17) is 23.7 Å². The summed E-state index contributed by atoms with van der Waals surface area (Å²) in [4.78, 5) is 82.6. The van der Waals surface area contributed by atoms with E-state index in [-0.39, 0.29) is 41.7 Å². The van der Waals surface area contributed by atoms with E-state index in [0.717, 1.165) is 35.1 Å². The highest BCUT2D eigenvalue weighted by atomic mass is 19.1. The summed E-state index contributed by atoms with van der Waals surface area (Å²) in [6, 6.07) is 18.8. The van der Waals surface area contributed by atoms with Crippen molar-refractivity contribution in [3.63, 3.8) is 0 Å². The molecule has 414 valence electrons. The van der Waals surface area contributed by atoms with Gasteiger partial charge in [0.05, 0.1) is 75.0 Å². The van der Waals surface area contributed by atoms with Crippen molar-refractivity contribution in [2.45, 2.75) is 57.0 Å². The van der Waals surface area contributed by atoms with Crippen molar-refractivity contribution in [1.82, 2.24) is 25.3 Å². The lowest BCUT2D eigenvalue weighted by molar-refractivity contribution is -0.136. The molecule has 20 nitrogen and oxygen atoms in total. The van der Waals surface area contributed by atoms with Crippen molar-refractivity contribution in [3.8, 4) is 0 Å². The maximum Gasteiger partial charge on any atom is 0.264 e. The number of piperidine rings is 1. The number of halogens is 2. The first kappa shape index (κ1) is 55.5. The number of aromatic nitrogens is 2. The molecule has 5 amide bonds. The quantitative estimate of drug-likeness (QED) is 0.0330. The average molecular weight is 1080 g/mol. The van der Waals surface area contributed by atoms with E-state index in [0.29, 0.717) is 164 Å². The summed E-state index contributed by atoms with van der Waals surface area (Å²) >= 11 is 0. The summed E-state index contributed by atoms with van der Waals surface area (Å²) in [7, 11) is 0. The number of hydrogen-bond donors (Lipinski definition) is 5. The number of ether oxygens (including phenoxy) is 5. The molecular weight excluding hydrogens is 1010 g/mol. The number of benzene rings is 4. The molecule has 0 radical (unpaired) electrons. The summed E-state index contributed by atoms with van der Waals surface area (Å²) < 4.78 is 55.9. The van der Waals surface area contributed by atoms with Gasteiger partial charge in [0, 0.05) is 99.9 Å². The molecule has 5 N–H and O–H groups in total. The Morgan fingerprint density at radius 3 is 2.19 bits per heavy atom. The van der Waals surface area contributed by atoms with Gasteiger partial charge in [-0.25, -0.2) is 8.78 Å². The lowest BCUT2D eigenvalue weighted by atomic mass is 10.0. The summed E-state index contributed by atoms with van der Waals surface area (Å²) in [6.07, 6.45) is 3.07. The molecule has 4 aromatic carbocycles. The smallest absolute Gasteiger partial charge is 0.264 e. The second-order valence-corrected chi connectivity index (χ2v) is 19.6. The molecule has 5 heterocycles. The minimum Gasteiger partial charge on any atom is -0.382 e. The number of rotatable bonds is 27. The van der Waals surface area contributed by atoms with Gasteiger partial charge in [0.15, 0.2) is 5.82 Å². The van der Waals surface area contributed by atoms with Gasteiger partial charge >= 0.3 is 0 Å². The van der Waals surface area contributed by atoms with Gasteiger partial charge in [-0.05, 0) is 97.8 Å². The van der Waals surface area contributed by atoms with Crippen molar-refractivity contribution in [2.24, 2.45) is 0 Å². The van der Waals surface area contributed by atoms with E-state index in [1.165, 1.54) is 12.1 Å². The third-order valence-electron chi connectivity index (χ3n) is 14.0. The number of ketones is 1. The Labute approximate surface area is 449 Å². The van der Waals surface area contributed by atoms with Crippen LogP contribution < -0.4 is 26.2 Å². The van der Waals surface area contributed by atoms with Crippen LogP contribution >= 0.6 is 0 Å². The summed E-state index contributed by atoms with van der Waals surface area (Å²) in [5.74, 6) is -3.34. The molecule has 3 saturated heterocycles. The van der Waals surface area contributed by atoms with E-state index in [1.807, 2.05) is 36.4 Å². The zero-order valence-corrected chi connectivity index (χ0v) is 43.4. The number of H-pyrrole nitrogens is 1. The number of hydrogen-bond acceptors (Lipinski definition) is 16. The Hall–Kier alpha value is -7.21. The van der Waals surface area contributed by atoms with Gasteiger partial charge in [0.2, 0.25) is 11.8 Å². The highest BCUT2D eigenvalue weighted by Crippen LogP contribution is 2.33. The van der Waals surface area contributed by atoms with Gasteiger partial charge in [-0.2, -0.15) is 5.10 Å². The van der Waals surface area contributed by atoms with Gasteiger partial charge < -0.3 is 44.5 Å². The third kappa shape index (κ3) is 14.5. The number of aromatic amines is 1. The Morgan fingerprint density at radius 2 is 1.46 bits per heavy atom. The standard InChI is InChI=1S/C56H65F2N9O11/c57-38-30-37(31-39(58)33-38)29-36-6-9-46-45(32-36)52(64-63-46)62-53(70)43-8-7-41(34-48(43)60-40-12-20-75-21-13-40)66-17-15-65(16-18-66)35-42(68)3-2-19-74-23-25-77-27-28-78-26-24-76-22-14-59-47-5-1-4-44-51(47)56(73)67(55(44)72)49-10-11-50(69)61-54(49)71/h1,4-9,30-34,40,49,59-60H,2-3,10-29,35H2,(H,61,69,71)(H2,62,63,64,70). The van der Waals surface area contributed by atoms with Crippen molar-refractivity contribution < 1.29 is 61.2 Å². The fraction of sp³-hybridized carbons (Fsp3) is 0.446. The number of imide groups is 2. The first-order valence-corrected chi connectivity index (χ1v) is 26.6. The maximum absolute atomic E-state index is 14.0. The van der Waals surface area contributed by atoms with Crippen LogP contribution in [0, 0.1) is 11.6 Å². The number of piperazine rings is 1. The molecule has 3 fully saturated rings. The number of nitrogens with zero attached hydrogens (tertiary/aromatic N) is 4. The van der Waals surface area contributed by atoms with Crippen molar-refractivity contribution >= 4 is 69.1 Å². The van der Waals surface area contributed by atoms with Crippen molar-refractivity contribution in [1.29, 1.82) is 0 Å². The summed E-state index contributed by atoms with van der Waals surface area (Å²) in [5, 5.41) is 20.0. The van der Waals surface area contributed by atoms with Crippen LogP contribution in [0.4, 0.5) is 31.7 Å². The normalized spacial score (nSPS) is 17.2. The number of anilines is 4. The topological polar surface area (TPSA) is 235 Å². The molecule has 5 aromatic rings. The van der Waals surface area contributed by atoms with Crippen molar-refractivity contribution in [2.75, 3.05) is 126 Å². The number of Topliss-reactive ketones (excluding diaryl/α,β-unsaturated/α-hetero) is 1. The van der Waals surface area contributed by atoms with Gasteiger partial charge in [0.25, 0.3) is 17.7 Å². The Morgan fingerprint density at radius 1 is 0.744 bits per heavy atom. The minimum atomic E-state index is -1.03. The van der Waals surface area contributed by atoms with Crippen molar-refractivity contribution in [3.05, 3.63) is 112 Å². The van der Waals surface area contributed by atoms with E-state index in [2.05, 4.69) is 41.3 Å². The molecular formula is C56H65F2N9O11. The lowest BCUT2D eigenvalue weighted by Gasteiger charge is -2.36. The molecule has 4 aliphatic heterocycles. The minimum absolute atomic E-state index is 0.0501. The average Bonchev–Trinajstić information content (AvgIpc) is 4.19. The van der Waals surface area contributed by atoms with E-state index >= 15 is 0 Å². The molecule has 0 aliphatic carbocycles. The van der Waals surface area contributed by atoms with Gasteiger partial charge in [0.1, 0.15) is 23.5 Å². The number of amides is 5. The molecule has 0 bridgehead atoms. The molecule has 0 spiro atoms. The summed E-state index contributed by atoms with van der Waals surface area (Å²) in [6.45, 7) is 7.86. The predicted octanol–water partition coefficient (Wildman–Crippen LogP) is 5.33. The molecule has 0 saturated carbocycles. The number of nitrogens with one attached hydrogen (secondary N) is 5. The molecule has 4 aliphatic rings. The Kier molecular flexibility index (Phi) is 19.2. The monoisotopic (exact) mass is 1080 g/mol. The highest BCUT2D eigenvalue weighted by Gasteiger charge is 2.45. The number of fused-ring (bicyclic) bond motifs is 2. The van der Waals surface area contributed by atoms with Gasteiger partial charge in [-0.1, -0.05) is 12.1 Å². The Balaban J connectivity index is 0.623. The fourth-order valence-corrected chi connectivity index (χ4v) is 10.0. The van der Waals surface area contributed by atoms with Crippen LogP contribution in [0.25, 0.3) is 10.9 Å².